The van der Waals surface area contributed by atoms with Crippen LogP contribution in [0.5, 0.6) is 11.5 Å². The lowest BCUT2D eigenvalue weighted by atomic mass is 10.2. The van der Waals surface area contributed by atoms with E-state index in [1.807, 2.05) is 0 Å². The number of nitrogens with zero attached hydrogens (tertiary/aromatic N) is 3. The van der Waals surface area contributed by atoms with Crippen LogP contribution in [0.25, 0.3) is 11.0 Å². The largest absolute Gasteiger partial charge is 0.484 e. The molecular weight excluding hydrogens is 563 g/mol. The van der Waals surface area contributed by atoms with Gasteiger partial charge < -0.3 is 14.6 Å². The Morgan fingerprint density at radius 1 is 1.08 bits per heavy atom. The van der Waals surface area contributed by atoms with Crippen LogP contribution in [0.3, 0.4) is 0 Å². The molecule has 0 fully saturated rings. The lowest BCUT2D eigenvalue weighted by Crippen LogP contribution is -2.20. The van der Waals surface area contributed by atoms with Gasteiger partial charge in [-0.15, -0.1) is 0 Å². The molecule has 1 N–H and O–H groups in total. The van der Waals surface area contributed by atoms with Gasteiger partial charge in [0.2, 0.25) is 5.16 Å². The molecule has 0 aliphatic carbocycles. The Kier molecular flexibility index (Phi) is 7.92. The number of aliphatic carboxylic acids is 1. The normalized spacial score (nSPS) is 12.8. The molecule has 10 nitrogen and oxygen atoms in total. The van der Waals surface area contributed by atoms with E-state index in [1.165, 1.54) is 49.5 Å². The fourth-order valence-electron chi connectivity index (χ4n) is 3.53. The number of carboxylic acid groups (broad SMARTS) is 1. The molecule has 39 heavy (non-hydrogen) atoms. The Morgan fingerprint density at radius 3 is 2.44 bits per heavy atom. The summed E-state index contributed by atoms with van der Waals surface area (Å²) < 4.78 is 89.4. The van der Waals surface area contributed by atoms with Crippen molar-refractivity contribution in [3.05, 3.63) is 72.1 Å². The second kappa shape index (κ2) is 11.0. The number of carboxylic acids is 1. The zero-order chi connectivity index (χ0) is 28.4. The Bertz CT molecular complexity index is 1650. The highest BCUT2D eigenvalue weighted by molar-refractivity contribution is 7.91. The quantitative estimate of drug-likeness (QED) is 0.296. The number of pyridine rings is 1. The van der Waals surface area contributed by atoms with Crippen molar-refractivity contribution in [3.8, 4) is 11.5 Å². The minimum absolute atomic E-state index is 0.0966. The third-order valence-electron chi connectivity index (χ3n) is 5.34. The van der Waals surface area contributed by atoms with Crippen LogP contribution in [0.4, 0.5) is 13.2 Å². The van der Waals surface area contributed by atoms with Crippen molar-refractivity contribution in [1.82, 2.24) is 13.9 Å². The Balaban J connectivity index is 1.70. The highest BCUT2D eigenvalue weighted by atomic mass is 32.2. The first-order chi connectivity index (χ1) is 18.4. The summed E-state index contributed by atoms with van der Waals surface area (Å²) in [7, 11) is -6.47. The summed E-state index contributed by atoms with van der Waals surface area (Å²) in [6, 6.07) is 12.5. The predicted octanol–water partition coefficient (Wildman–Crippen LogP) is 3.69. The summed E-state index contributed by atoms with van der Waals surface area (Å²) in [4.78, 5) is 18.9. The maximum atomic E-state index is 13.7. The standard InChI is InChI=1S/C24H20F3N3O7S2/c1-15-19(28-11-10-21(15)37-14-24(25,26)27)13-38(33)23-29-18-4-2-3-5-20(18)30(23)39(34,35)17-8-6-16(7-9-17)36-12-22(31)32/h2-11H,12-14H2,1H3,(H,31,32). The number of rotatable bonds is 10. The summed E-state index contributed by atoms with van der Waals surface area (Å²) in [6.07, 6.45) is -3.35. The van der Waals surface area contributed by atoms with Crippen molar-refractivity contribution >= 4 is 37.8 Å². The predicted molar refractivity (Wildman–Crippen MR) is 133 cm³/mol. The number of para-hydroxylation sites is 2. The fraction of sp³-hybridized carbons (Fsp3) is 0.208. The van der Waals surface area contributed by atoms with Gasteiger partial charge >= 0.3 is 12.1 Å². The number of alkyl halides is 3. The van der Waals surface area contributed by atoms with E-state index >= 15 is 0 Å². The molecule has 0 radical (unpaired) electrons. The highest BCUT2D eigenvalue weighted by Gasteiger charge is 2.30. The molecule has 15 heteroatoms. The molecule has 2 aromatic carbocycles. The van der Waals surface area contributed by atoms with Gasteiger partial charge in [0.05, 0.1) is 38.2 Å². The van der Waals surface area contributed by atoms with Gasteiger partial charge in [-0.1, -0.05) is 12.1 Å². The van der Waals surface area contributed by atoms with E-state index in [9.17, 15) is 30.6 Å². The van der Waals surface area contributed by atoms with E-state index in [2.05, 4.69) is 9.97 Å². The molecule has 0 saturated carbocycles. The average molecular weight is 584 g/mol. The number of benzene rings is 2. The molecular formula is C24H20F3N3O7S2. The molecule has 0 aliphatic heterocycles. The molecule has 4 aromatic rings. The topological polar surface area (TPSA) is 138 Å². The summed E-state index contributed by atoms with van der Waals surface area (Å²) in [5, 5.41) is 8.43. The molecule has 0 amide bonds. The maximum absolute atomic E-state index is 13.7. The second-order valence-corrected chi connectivity index (χ2v) is 11.2. The van der Waals surface area contributed by atoms with Gasteiger partial charge in [0.15, 0.2) is 13.2 Å². The molecule has 4 rings (SSSR count). The summed E-state index contributed by atoms with van der Waals surface area (Å²) in [5.74, 6) is -1.52. The third-order valence-corrected chi connectivity index (χ3v) is 8.39. The first kappa shape index (κ1) is 28.0. The number of imidazole rings is 1. The number of halogens is 3. The molecule has 1 atom stereocenters. The van der Waals surface area contributed by atoms with Crippen molar-refractivity contribution in [3.63, 3.8) is 0 Å². The zero-order valence-electron chi connectivity index (χ0n) is 20.1. The van der Waals surface area contributed by atoms with Gasteiger partial charge in [-0.3, -0.25) is 9.19 Å². The van der Waals surface area contributed by atoms with Crippen LogP contribution < -0.4 is 9.47 Å². The van der Waals surface area contributed by atoms with Crippen molar-refractivity contribution in [1.29, 1.82) is 0 Å². The van der Waals surface area contributed by atoms with Crippen LogP contribution in [0.2, 0.25) is 0 Å². The smallest absolute Gasteiger partial charge is 0.422 e. The molecule has 0 spiro atoms. The first-order valence-electron chi connectivity index (χ1n) is 11.1. The van der Waals surface area contributed by atoms with Gasteiger partial charge in [-0.2, -0.15) is 13.2 Å². The Morgan fingerprint density at radius 2 is 1.77 bits per heavy atom. The van der Waals surface area contributed by atoms with Crippen LogP contribution in [0.15, 0.2) is 70.8 Å². The van der Waals surface area contributed by atoms with Gasteiger partial charge in [0, 0.05) is 11.8 Å². The van der Waals surface area contributed by atoms with E-state index in [1.54, 1.807) is 18.2 Å². The molecule has 0 aliphatic rings. The number of hydrogen-bond donors (Lipinski definition) is 1. The minimum atomic E-state index is -4.56. The van der Waals surface area contributed by atoms with E-state index < -0.39 is 46.2 Å². The van der Waals surface area contributed by atoms with Crippen molar-refractivity contribution in [2.45, 2.75) is 28.9 Å². The van der Waals surface area contributed by atoms with E-state index in [4.69, 9.17) is 14.6 Å². The van der Waals surface area contributed by atoms with Gasteiger partial charge in [-0.05, 0) is 49.4 Å². The lowest BCUT2D eigenvalue weighted by Gasteiger charge is -2.14. The monoisotopic (exact) mass is 583 g/mol. The number of aromatic nitrogens is 3. The first-order valence-corrected chi connectivity index (χ1v) is 13.8. The molecule has 1 unspecified atom stereocenters. The second-order valence-electron chi connectivity index (χ2n) is 8.08. The van der Waals surface area contributed by atoms with Crippen molar-refractivity contribution in [2.75, 3.05) is 13.2 Å². The Labute approximate surface area is 222 Å². The summed E-state index contributed by atoms with van der Waals surface area (Å²) in [5.41, 5.74) is 0.762. The van der Waals surface area contributed by atoms with Crippen molar-refractivity contribution in [2.24, 2.45) is 0 Å². The van der Waals surface area contributed by atoms with Gasteiger partial charge in [0.25, 0.3) is 10.0 Å². The number of hydrogen-bond acceptors (Lipinski definition) is 8. The number of fused-ring (bicyclic) bond motifs is 1. The van der Waals surface area contributed by atoms with Crippen LogP contribution in [-0.2, 0) is 31.4 Å². The number of carbonyl (C=O) groups is 1. The van der Waals surface area contributed by atoms with Crippen LogP contribution >= 0.6 is 0 Å². The summed E-state index contributed by atoms with van der Waals surface area (Å²) >= 11 is 0. The van der Waals surface area contributed by atoms with Crippen LogP contribution in [0, 0.1) is 6.92 Å². The molecule has 2 aromatic heterocycles. The fourth-order valence-corrected chi connectivity index (χ4v) is 6.57. The third kappa shape index (κ3) is 6.37. The van der Waals surface area contributed by atoms with Gasteiger partial charge in [-0.25, -0.2) is 22.2 Å². The maximum Gasteiger partial charge on any atom is 0.422 e. The van der Waals surface area contributed by atoms with E-state index in [0.717, 1.165) is 3.97 Å². The number of ether oxygens (including phenoxy) is 2. The lowest BCUT2D eigenvalue weighted by molar-refractivity contribution is -0.153. The van der Waals surface area contributed by atoms with Gasteiger partial charge in [0.1, 0.15) is 11.5 Å². The van der Waals surface area contributed by atoms with E-state index in [-0.39, 0.29) is 49.6 Å². The average Bonchev–Trinajstić information content (AvgIpc) is 3.28. The molecule has 206 valence electrons. The SMILES string of the molecule is Cc1c(OCC(F)(F)F)ccnc1CS(=O)c1nc2ccccc2n1S(=O)(=O)c1ccc(OCC(=O)O)cc1. The van der Waals surface area contributed by atoms with E-state index in [0.29, 0.717) is 0 Å². The molecule has 0 saturated heterocycles. The van der Waals surface area contributed by atoms with Crippen molar-refractivity contribution < 1.29 is 45.2 Å². The van der Waals surface area contributed by atoms with Crippen LogP contribution in [-0.4, -0.2) is 57.0 Å². The minimum Gasteiger partial charge on any atom is -0.484 e. The Hall–Kier alpha value is -3.98. The van der Waals surface area contributed by atoms with Crippen LogP contribution in [0.1, 0.15) is 11.3 Å². The molecule has 2 heterocycles. The highest BCUT2D eigenvalue weighted by Crippen LogP contribution is 2.29. The summed E-state index contributed by atoms with van der Waals surface area (Å²) in [6.45, 7) is -0.676. The molecule has 0 bridgehead atoms. The zero-order valence-corrected chi connectivity index (χ0v) is 21.7.